The standard InChI is InChI=1S/C13H12Cl3NO/c1-8(12-3-2-6-18-12)17-7-9-10(14)4-5-11(15)13(9)16/h2-6,8,17H,7H2,1H3/t8-/m1/s1. The molecule has 0 bridgehead atoms. The molecule has 0 radical (unpaired) electrons. The Morgan fingerprint density at radius 2 is 1.89 bits per heavy atom. The van der Waals surface area contributed by atoms with Crippen LogP contribution in [0, 0.1) is 0 Å². The molecule has 2 aromatic rings. The van der Waals surface area contributed by atoms with E-state index in [2.05, 4.69) is 5.32 Å². The minimum atomic E-state index is 0.0751. The highest BCUT2D eigenvalue weighted by atomic mass is 35.5. The lowest BCUT2D eigenvalue weighted by Gasteiger charge is -2.14. The Hall–Kier alpha value is -0.670. The van der Waals surface area contributed by atoms with E-state index in [1.54, 1.807) is 18.4 Å². The van der Waals surface area contributed by atoms with E-state index in [0.29, 0.717) is 21.6 Å². The van der Waals surface area contributed by atoms with Crippen molar-refractivity contribution in [2.24, 2.45) is 0 Å². The first-order valence-corrected chi connectivity index (χ1v) is 6.62. The third kappa shape index (κ3) is 3.01. The summed E-state index contributed by atoms with van der Waals surface area (Å²) in [6.45, 7) is 2.53. The van der Waals surface area contributed by atoms with E-state index in [1.807, 2.05) is 19.1 Å². The summed E-state index contributed by atoms with van der Waals surface area (Å²) in [5.74, 6) is 0.865. The molecule has 2 nitrogen and oxygen atoms in total. The quantitative estimate of drug-likeness (QED) is 0.796. The highest BCUT2D eigenvalue weighted by Crippen LogP contribution is 2.31. The van der Waals surface area contributed by atoms with Gasteiger partial charge in [0.15, 0.2) is 0 Å². The average Bonchev–Trinajstić information content (AvgIpc) is 2.87. The summed E-state index contributed by atoms with van der Waals surface area (Å²) in [6.07, 6.45) is 1.65. The lowest BCUT2D eigenvalue weighted by atomic mass is 10.2. The maximum Gasteiger partial charge on any atom is 0.120 e. The van der Waals surface area contributed by atoms with Crippen molar-refractivity contribution >= 4 is 34.8 Å². The molecule has 0 fully saturated rings. The third-order valence-corrected chi connectivity index (χ3v) is 3.89. The molecule has 0 saturated carbocycles. The van der Waals surface area contributed by atoms with Crippen LogP contribution in [-0.2, 0) is 6.54 Å². The van der Waals surface area contributed by atoms with Crippen LogP contribution in [0.1, 0.15) is 24.3 Å². The lowest BCUT2D eigenvalue weighted by molar-refractivity contribution is 0.430. The molecule has 18 heavy (non-hydrogen) atoms. The van der Waals surface area contributed by atoms with Gasteiger partial charge >= 0.3 is 0 Å². The topological polar surface area (TPSA) is 25.2 Å². The summed E-state index contributed by atoms with van der Waals surface area (Å²) >= 11 is 18.2. The molecule has 0 unspecified atom stereocenters. The second-order valence-electron chi connectivity index (χ2n) is 3.94. The third-order valence-electron chi connectivity index (χ3n) is 2.69. The summed E-state index contributed by atoms with van der Waals surface area (Å²) in [5.41, 5.74) is 0.796. The van der Waals surface area contributed by atoms with E-state index >= 15 is 0 Å². The van der Waals surface area contributed by atoms with Crippen molar-refractivity contribution in [3.05, 3.63) is 56.9 Å². The van der Waals surface area contributed by atoms with E-state index in [9.17, 15) is 0 Å². The number of rotatable bonds is 4. The number of nitrogens with one attached hydrogen (secondary N) is 1. The van der Waals surface area contributed by atoms with Crippen LogP contribution in [0.4, 0.5) is 0 Å². The largest absolute Gasteiger partial charge is 0.468 e. The second kappa shape index (κ2) is 5.98. The SMILES string of the molecule is C[C@@H](NCc1c(Cl)ccc(Cl)c1Cl)c1ccco1. The fourth-order valence-corrected chi connectivity index (χ4v) is 2.31. The maximum absolute atomic E-state index is 6.13. The van der Waals surface area contributed by atoms with Gasteiger partial charge in [0, 0.05) is 17.1 Å². The van der Waals surface area contributed by atoms with E-state index in [1.165, 1.54) is 0 Å². The molecule has 1 heterocycles. The summed E-state index contributed by atoms with van der Waals surface area (Å²) in [4.78, 5) is 0. The van der Waals surface area contributed by atoms with Gasteiger partial charge in [-0.1, -0.05) is 34.8 Å². The molecule has 1 aromatic carbocycles. The van der Waals surface area contributed by atoms with Crippen molar-refractivity contribution < 1.29 is 4.42 Å². The molecule has 1 N–H and O–H groups in total. The number of halogens is 3. The molecule has 0 amide bonds. The van der Waals surface area contributed by atoms with E-state index in [-0.39, 0.29) is 6.04 Å². The first-order chi connectivity index (χ1) is 8.59. The predicted molar refractivity (Wildman–Crippen MR) is 75.4 cm³/mol. The molecule has 0 aliphatic heterocycles. The Kier molecular flexibility index (Phi) is 4.57. The van der Waals surface area contributed by atoms with Gasteiger partial charge in [-0.25, -0.2) is 0 Å². The molecule has 2 rings (SSSR count). The smallest absolute Gasteiger partial charge is 0.120 e. The number of furan rings is 1. The Balaban J connectivity index is 2.09. The molecule has 96 valence electrons. The first-order valence-electron chi connectivity index (χ1n) is 5.48. The van der Waals surface area contributed by atoms with Gasteiger partial charge in [-0.2, -0.15) is 0 Å². The Morgan fingerprint density at radius 1 is 1.17 bits per heavy atom. The van der Waals surface area contributed by atoms with E-state index in [4.69, 9.17) is 39.2 Å². The van der Waals surface area contributed by atoms with Crippen LogP contribution in [0.15, 0.2) is 34.9 Å². The molecule has 0 aliphatic carbocycles. The second-order valence-corrected chi connectivity index (χ2v) is 5.13. The molecule has 1 atom stereocenters. The zero-order chi connectivity index (χ0) is 13.1. The van der Waals surface area contributed by atoms with Gasteiger partial charge in [0.05, 0.1) is 22.4 Å². The van der Waals surface area contributed by atoms with Gasteiger partial charge in [0.2, 0.25) is 0 Å². The van der Waals surface area contributed by atoms with Gasteiger partial charge in [-0.15, -0.1) is 0 Å². The number of hydrogen-bond acceptors (Lipinski definition) is 2. The Morgan fingerprint density at radius 3 is 2.56 bits per heavy atom. The van der Waals surface area contributed by atoms with Gasteiger partial charge in [0.25, 0.3) is 0 Å². The number of benzene rings is 1. The molecule has 0 aliphatic rings. The normalized spacial score (nSPS) is 12.7. The van der Waals surface area contributed by atoms with Gasteiger partial charge < -0.3 is 9.73 Å². The first kappa shape index (κ1) is 13.8. The van der Waals surface area contributed by atoms with Crippen LogP contribution in [0.2, 0.25) is 15.1 Å². The highest BCUT2D eigenvalue weighted by molar-refractivity contribution is 6.44. The minimum absolute atomic E-state index is 0.0751. The van der Waals surface area contributed by atoms with Crippen molar-refractivity contribution in [1.82, 2.24) is 5.32 Å². The van der Waals surface area contributed by atoms with Crippen molar-refractivity contribution in [1.29, 1.82) is 0 Å². The molecule has 0 spiro atoms. The van der Waals surface area contributed by atoms with E-state index < -0.39 is 0 Å². The zero-order valence-electron chi connectivity index (χ0n) is 9.71. The van der Waals surface area contributed by atoms with Gasteiger partial charge in [-0.05, 0) is 31.2 Å². The monoisotopic (exact) mass is 303 g/mol. The summed E-state index contributed by atoms with van der Waals surface area (Å²) in [7, 11) is 0. The van der Waals surface area contributed by atoms with Gasteiger partial charge in [0.1, 0.15) is 5.76 Å². The minimum Gasteiger partial charge on any atom is -0.468 e. The fraction of sp³-hybridized carbons (Fsp3) is 0.231. The van der Waals surface area contributed by atoms with Crippen LogP contribution < -0.4 is 5.32 Å². The predicted octanol–water partition coefficient (Wildman–Crippen LogP) is 5.09. The van der Waals surface area contributed by atoms with Crippen molar-refractivity contribution in [3.8, 4) is 0 Å². The summed E-state index contributed by atoms with van der Waals surface area (Å²) < 4.78 is 5.31. The number of hydrogen-bond donors (Lipinski definition) is 1. The maximum atomic E-state index is 6.13. The molecule has 1 aromatic heterocycles. The van der Waals surface area contributed by atoms with Crippen LogP contribution in [-0.4, -0.2) is 0 Å². The summed E-state index contributed by atoms with van der Waals surface area (Å²) in [6, 6.07) is 7.27. The molecular formula is C13H12Cl3NO. The Bertz CT molecular complexity index is 525. The van der Waals surface area contributed by atoms with Crippen molar-refractivity contribution in [2.45, 2.75) is 19.5 Å². The molecule has 5 heteroatoms. The fourth-order valence-electron chi connectivity index (χ4n) is 1.62. The average molecular weight is 305 g/mol. The van der Waals surface area contributed by atoms with E-state index in [0.717, 1.165) is 11.3 Å². The van der Waals surface area contributed by atoms with Gasteiger partial charge in [-0.3, -0.25) is 0 Å². The lowest BCUT2D eigenvalue weighted by Crippen LogP contribution is -2.18. The van der Waals surface area contributed by atoms with Crippen LogP contribution in [0.3, 0.4) is 0 Å². The zero-order valence-corrected chi connectivity index (χ0v) is 12.0. The van der Waals surface area contributed by atoms with Crippen LogP contribution in [0.25, 0.3) is 0 Å². The summed E-state index contributed by atoms with van der Waals surface area (Å²) in [5, 5.41) is 4.88. The Labute approximate surface area is 121 Å². The highest BCUT2D eigenvalue weighted by Gasteiger charge is 2.12. The van der Waals surface area contributed by atoms with Crippen molar-refractivity contribution in [3.63, 3.8) is 0 Å². The molecular weight excluding hydrogens is 293 g/mol. The van der Waals surface area contributed by atoms with Crippen LogP contribution in [0.5, 0.6) is 0 Å². The van der Waals surface area contributed by atoms with Crippen LogP contribution >= 0.6 is 34.8 Å². The van der Waals surface area contributed by atoms with Crippen molar-refractivity contribution in [2.75, 3.05) is 0 Å². The molecule has 0 saturated heterocycles.